The van der Waals surface area contributed by atoms with Gasteiger partial charge in [0.2, 0.25) is 11.8 Å². The summed E-state index contributed by atoms with van der Waals surface area (Å²) in [4.78, 5) is 60.1. The summed E-state index contributed by atoms with van der Waals surface area (Å²) in [6.45, 7) is 0. The highest BCUT2D eigenvalue weighted by Gasteiger charge is 2.14. The normalized spacial score (nSPS) is 11.8. The lowest BCUT2D eigenvalue weighted by atomic mass is 10.1. The second-order valence-corrected chi connectivity index (χ2v) is 12.0. The number of hydrogen-bond donors (Lipinski definition) is 6. The molecular formula is C24H34N2O8P2. The Bertz CT molecular complexity index is 991. The van der Waals surface area contributed by atoms with Gasteiger partial charge in [-0.25, -0.2) is 0 Å². The molecule has 0 aliphatic heterocycles. The summed E-state index contributed by atoms with van der Waals surface area (Å²) in [5, 5.41) is 5.55. The molecule has 0 unspecified atom stereocenters. The summed E-state index contributed by atoms with van der Waals surface area (Å²) in [5.74, 6) is -0.214. The third kappa shape index (κ3) is 13.7. The van der Waals surface area contributed by atoms with Crippen LogP contribution in [0.3, 0.4) is 0 Å². The lowest BCUT2D eigenvalue weighted by Gasteiger charge is -2.08. The van der Waals surface area contributed by atoms with Crippen LogP contribution in [0.15, 0.2) is 48.5 Å². The van der Waals surface area contributed by atoms with Gasteiger partial charge in [0.05, 0.1) is 12.3 Å². The van der Waals surface area contributed by atoms with E-state index in [1.807, 2.05) is 0 Å². The molecule has 2 aromatic rings. The molecule has 0 spiro atoms. The number of unbranched alkanes of at least 4 members (excludes halogenated alkanes) is 5. The van der Waals surface area contributed by atoms with Gasteiger partial charge in [0.1, 0.15) is 0 Å². The highest BCUT2D eigenvalue weighted by atomic mass is 31.2. The number of nitrogens with one attached hydrogen (secondary N) is 2. The first-order valence-electron chi connectivity index (χ1n) is 11.8. The largest absolute Gasteiger partial charge is 0.329 e. The molecule has 0 aliphatic rings. The Morgan fingerprint density at radius 1 is 0.556 bits per heavy atom. The first-order valence-corrected chi connectivity index (χ1v) is 15.4. The third-order valence-electron chi connectivity index (χ3n) is 5.31. The van der Waals surface area contributed by atoms with Gasteiger partial charge >= 0.3 is 15.2 Å². The van der Waals surface area contributed by atoms with Gasteiger partial charge in [0.15, 0.2) is 0 Å². The van der Waals surface area contributed by atoms with Gasteiger partial charge in [0, 0.05) is 24.2 Å². The molecule has 6 N–H and O–H groups in total. The van der Waals surface area contributed by atoms with Crippen LogP contribution in [0, 0.1) is 0 Å². The maximum atomic E-state index is 12.1. The average Bonchev–Trinajstić information content (AvgIpc) is 2.76. The monoisotopic (exact) mass is 540 g/mol. The molecule has 10 nitrogen and oxygen atoms in total. The van der Waals surface area contributed by atoms with Crippen molar-refractivity contribution in [2.45, 2.75) is 63.7 Å². The molecule has 198 valence electrons. The molecule has 0 atom stereocenters. The molecule has 0 aromatic heterocycles. The second-order valence-electron chi connectivity index (χ2n) is 8.76. The van der Waals surface area contributed by atoms with Crippen molar-refractivity contribution in [1.29, 1.82) is 0 Å². The fraction of sp³-hybridized carbons (Fsp3) is 0.417. The number of benzene rings is 2. The standard InChI is InChI=1S/C24H34N2O8P2/c27-23(25-21-13-9-19(10-14-21)17-35(29,30)31)7-5-3-1-2-4-6-8-24(28)26-22-15-11-20(12-16-22)18-36(32,33)34/h9-16H,1-8,17-18H2,(H,25,27)(H,26,28)(H2,29,30,31)(H2,32,33,34). The predicted molar refractivity (Wildman–Crippen MR) is 139 cm³/mol. The molecule has 0 radical (unpaired) electrons. The van der Waals surface area contributed by atoms with E-state index in [9.17, 15) is 18.7 Å². The minimum atomic E-state index is -4.11. The molecule has 0 fully saturated rings. The number of carbonyl (C=O) groups excluding carboxylic acids is 2. The number of hydrogen-bond acceptors (Lipinski definition) is 4. The minimum absolute atomic E-state index is 0.107. The van der Waals surface area contributed by atoms with Crippen LogP contribution in [0.25, 0.3) is 0 Å². The minimum Gasteiger partial charge on any atom is -0.326 e. The molecule has 2 aromatic carbocycles. The SMILES string of the molecule is O=C(CCCCCCCCC(=O)Nc1ccc(CP(=O)(O)O)cc1)Nc1ccc(CP(=O)(O)O)cc1. The van der Waals surface area contributed by atoms with Gasteiger partial charge < -0.3 is 30.2 Å². The summed E-state index contributed by atoms with van der Waals surface area (Å²) < 4.78 is 22.0. The van der Waals surface area contributed by atoms with Crippen LogP contribution in [0.2, 0.25) is 0 Å². The first kappa shape index (κ1) is 29.9. The zero-order chi connectivity index (χ0) is 26.6. The Balaban J connectivity index is 1.52. The van der Waals surface area contributed by atoms with Crippen LogP contribution in [0.5, 0.6) is 0 Å². The number of rotatable bonds is 15. The predicted octanol–water partition coefficient (Wildman–Crippen LogP) is 4.74. The summed E-state index contributed by atoms with van der Waals surface area (Å²) in [7, 11) is -8.23. The fourth-order valence-corrected chi connectivity index (χ4v) is 4.96. The summed E-state index contributed by atoms with van der Waals surface area (Å²) in [6.07, 6.45) is 5.36. The van der Waals surface area contributed by atoms with E-state index in [1.54, 1.807) is 48.5 Å². The van der Waals surface area contributed by atoms with Gasteiger partial charge in [-0.05, 0) is 48.2 Å². The summed E-state index contributed by atoms with van der Waals surface area (Å²) in [6, 6.07) is 12.8. The molecule has 0 aliphatic carbocycles. The van der Waals surface area contributed by atoms with E-state index in [1.165, 1.54) is 0 Å². The van der Waals surface area contributed by atoms with Crippen LogP contribution in [0.1, 0.15) is 62.5 Å². The van der Waals surface area contributed by atoms with Crippen molar-refractivity contribution in [3.8, 4) is 0 Å². The Hall–Kier alpha value is -2.32. The summed E-state index contributed by atoms with van der Waals surface area (Å²) >= 11 is 0. The van der Waals surface area contributed by atoms with Crippen LogP contribution < -0.4 is 10.6 Å². The molecular weight excluding hydrogens is 506 g/mol. The number of amides is 2. The number of anilines is 2. The van der Waals surface area contributed by atoms with Crippen molar-refractivity contribution in [3.63, 3.8) is 0 Å². The van der Waals surface area contributed by atoms with Gasteiger partial charge in [-0.1, -0.05) is 49.9 Å². The molecule has 2 amide bonds. The van der Waals surface area contributed by atoms with Gasteiger partial charge in [-0.3, -0.25) is 18.7 Å². The zero-order valence-corrected chi connectivity index (χ0v) is 21.8. The van der Waals surface area contributed by atoms with Crippen LogP contribution in [-0.2, 0) is 31.0 Å². The van der Waals surface area contributed by atoms with E-state index in [0.717, 1.165) is 38.5 Å². The van der Waals surface area contributed by atoms with E-state index >= 15 is 0 Å². The maximum absolute atomic E-state index is 12.1. The van der Waals surface area contributed by atoms with Crippen LogP contribution in [0.4, 0.5) is 11.4 Å². The third-order valence-corrected chi connectivity index (χ3v) is 6.86. The van der Waals surface area contributed by atoms with Gasteiger partial charge in [-0.2, -0.15) is 0 Å². The van der Waals surface area contributed by atoms with Crippen molar-refractivity contribution < 1.29 is 38.3 Å². The Morgan fingerprint density at radius 3 is 1.17 bits per heavy atom. The average molecular weight is 540 g/mol. The zero-order valence-electron chi connectivity index (χ0n) is 20.0. The Kier molecular flexibility index (Phi) is 12.0. The van der Waals surface area contributed by atoms with Crippen LogP contribution >= 0.6 is 15.2 Å². The van der Waals surface area contributed by atoms with Crippen molar-refractivity contribution in [2.75, 3.05) is 10.6 Å². The van der Waals surface area contributed by atoms with E-state index in [2.05, 4.69) is 10.6 Å². The molecule has 0 saturated carbocycles. The van der Waals surface area contributed by atoms with Crippen LogP contribution in [-0.4, -0.2) is 31.4 Å². The van der Waals surface area contributed by atoms with Crippen molar-refractivity contribution in [3.05, 3.63) is 59.7 Å². The molecule has 0 bridgehead atoms. The molecule has 12 heteroatoms. The van der Waals surface area contributed by atoms with Crippen molar-refractivity contribution in [2.24, 2.45) is 0 Å². The topological polar surface area (TPSA) is 173 Å². The quantitative estimate of drug-likeness (QED) is 0.139. The Labute approximate surface area is 210 Å². The fourth-order valence-electron chi connectivity index (χ4n) is 3.59. The second kappa shape index (κ2) is 14.4. The van der Waals surface area contributed by atoms with Crippen molar-refractivity contribution >= 4 is 38.4 Å². The molecule has 0 heterocycles. The smallest absolute Gasteiger partial charge is 0.326 e. The number of carbonyl (C=O) groups is 2. The molecule has 36 heavy (non-hydrogen) atoms. The van der Waals surface area contributed by atoms with Crippen molar-refractivity contribution in [1.82, 2.24) is 0 Å². The highest BCUT2D eigenvalue weighted by molar-refractivity contribution is 7.51. The Morgan fingerprint density at radius 2 is 0.861 bits per heavy atom. The maximum Gasteiger partial charge on any atom is 0.329 e. The lowest BCUT2D eigenvalue weighted by molar-refractivity contribution is -0.117. The lowest BCUT2D eigenvalue weighted by Crippen LogP contribution is -2.11. The molecule has 0 saturated heterocycles. The summed E-state index contributed by atoms with van der Waals surface area (Å²) in [5.41, 5.74) is 2.19. The van der Waals surface area contributed by atoms with E-state index in [4.69, 9.17) is 19.6 Å². The van der Waals surface area contributed by atoms with E-state index in [-0.39, 0.29) is 24.1 Å². The highest BCUT2D eigenvalue weighted by Crippen LogP contribution is 2.39. The van der Waals surface area contributed by atoms with E-state index in [0.29, 0.717) is 35.3 Å². The van der Waals surface area contributed by atoms with E-state index < -0.39 is 15.2 Å². The van der Waals surface area contributed by atoms with Gasteiger partial charge in [0.25, 0.3) is 0 Å². The molecule has 2 rings (SSSR count). The first-order chi connectivity index (χ1) is 16.9. The van der Waals surface area contributed by atoms with Gasteiger partial charge in [-0.15, -0.1) is 0 Å².